The Labute approximate surface area is 189 Å². The molecule has 0 radical (unpaired) electrons. The zero-order chi connectivity index (χ0) is 21.8. The molecule has 4 heteroatoms. The Morgan fingerprint density at radius 1 is 0.781 bits per heavy atom. The van der Waals surface area contributed by atoms with Gasteiger partial charge in [-0.1, -0.05) is 42.5 Å². The molecule has 0 aliphatic carbocycles. The molecule has 1 unspecified atom stereocenters. The molecular formula is C28H28N2O2. The number of rotatable bonds is 6. The Morgan fingerprint density at radius 3 is 2.41 bits per heavy atom. The van der Waals surface area contributed by atoms with Crippen molar-refractivity contribution in [2.45, 2.75) is 25.6 Å². The molecule has 1 aromatic heterocycles. The molecule has 0 saturated heterocycles. The molecule has 2 heterocycles. The van der Waals surface area contributed by atoms with E-state index in [2.05, 4.69) is 70.3 Å². The molecule has 0 amide bonds. The molecule has 3 aromatic carbocycles. The van der Waals surface area contributed by atoms with Crippen LogP contribution >= 0.6 is 0 Å². The van der Waals surface area contributed by atoms with Gasteiger partial charge in [0, 0.05) is 31.5 Å². The number of fused-ring (bicyclic) bond motifs is 1. The molecule has 0 saturated carbocycles. The van der Waals surface area contributed by atoms with E-state index < -0.39 is 0 Å². The van der Waals surface area contributed by atoms with Gasteiger partial charge in [-0.25, -0.2) is 0 Å². The summed E-state index contributed by atoms with van der Waals surface area (Å²) in [6.07, 6.45) is 3.32. The maximum Gasteiger partial charge on any atom is 0.127 e. The van der Waals surface area contributed by atoms with Gasteiger partial charge >= 0.3 is 0 Å². The van der Waals surface area contributed by atoms with Gasteiger partial charge in [0.2, 0.25) is 0 Å². The molecule has 0 spiro atoms. The zero-order valence-electron chi connectivity index (χ0n) is 18.4. The van der Waals surface area contributed by atoms with Gasteiger partial charge in [-0.2, -0.15) is 0 Å². The monoisotopic (exact) mass is 424 g/mol. The van der Waals surface area contributed by atoms with Crippen LogP contribution in [0.15, 0.2) is 97.2 Å². The second-order valence-corrected chi connectivity index (χ2v) is 8.19. The zero-order valence-corrected chi connectivity index (χ0v) is 18.4. The van der Waals surface area contributed by atoms with Crippen molar-refractivity contribution in [3.05, 3.63) is 114 Å². The van der Waals surface area contributed by atoms with E-state index in [1.54, 1.807) is 7.11 Å². The molecule has 1 aliphatic heterocycles. The van der Waals surface area contributed by atoms with Gasteiger partial charge in [0.05, 0.1) is 13.2 Å². The molecule has 4 aromatic rings. The molecule has 0 bridgehead atoms. The van der Waals surface area contributed by atoms with E-state index in [9.17, 15) is 0 Å². The van der Waals surface area contributed by atoms with E-state index >= 15 is 0 Å². The standard InChI is InChI=1S/C28H28N2O2/c1-31-24-15-13-23(14-16-24)28-27-12-6-17-29(27)18-7-19-30(28)21-22-8-5-11-26(20-22)32-25-9-3-2-4-10-25/h2-6,8-17,20,28H,7,18-19,21H2,1H3. The van der Waals surface area contributed by atoms with Crippen molar-refractivity contribution in [3.63, 3.8) is 0 Å². The van der Waals surface area contributed by atoms with Crippen molar-refractivity contribution in [2.24, 2.45) is 0 Å². The number of aromatic nitrogens is 1. The van der Waals surface area contributed by atoms with Crippen molar-refractivity contribution in [2.75, 3.05) is 13.7 Å². The van der Waals surface area contributed by atoms with Crippen molar-refractivity contribution >= 4 is 0 Å². The number of hydrogen-bond acceptors (Lipinski definition) is 3. The van der Waals surface area contributed by atoms with Crippen LogP contribution in [-0.2, 0) is 13.1 Å². The van der Waals surface area contributed by atoms with E-state index in [-0.39, 0.29) is 6.04 Å². The Hall–Kier alpha value is -3.50. The minimum Gasteiger partial charge on any atom is -0.497 e. The highest BCUT2D eigenvalue weighted by molar-refractivity contribution is 5.36. The SMILES string of the molecule is COc1ccc(C2c3cccn3CCCN2Cc2cccc(Oc3ccccc3)c2)cc1. The topological polar surface area (TPSA) is 26.6 Å². The summed E-state index contributed by atoms with van der Waals surface area (Å²) in [6.45, 7) is 2.93. The minimum atomic E-state index is 0.192. The van der Waals surface area contributed by atoms with Crippen molar-refractivity contribution in [3.8, 4) is 17.2 Å². The lowest BCUT2D eigenvalue weighted by molar-refractivity contribution is 0.220. The number of aryl methyl sites for hydroxylation is 1. The van der Waals surface area contributed by atoms with Gasteiger partial charge in [-0.3, -0.25) is 4.90 Å². The number of para-hydroxylation sites is 1. The average Bonchev–Trinajstić information content (AvgIpc) is 3.21. The third-order valence-corrected chi connectivity index (χ3v) is 6.05. The second-order valence-electron chi connectivity index (χ2n) is 8.19. The summed E-state index contributed by atoms with van der Waals surface area (Å²) in [5, 5.41) is 0. The first-order valence-corrected chi connectivity index (χ1v) is 11.1. The number of ether oxygens (including phenoxy) is 2. The van der Waals surface area contributed by atoms with Gasteiger partial charge in [-0.05, 0) is 66.1 Å². The lowest BCUT2D eigenvalue weighted by Crippen LogP contribution is -2.29. The summed E-state index contributed by atoms with van der Waals surface area (Å²) in [6, 6.07) is 31.5. The van der Waals surface area contributed by atoms with Gasteiger partial charge < -0.3 is 14.0 Å². The fourth-order valence-corrected chi connectivity index (χ4v) is 4.54. The molecule has 0 fully saturated rings. The summed E-state index contributed by atoms with van der Waals surface area (Å²) in [5.74, 6) is 2.61. The van der Waals surface area contributed by atoms with Crippen molar-refractivity contribution in [1.29, 1.82) is 0 Å². The summed E-state index contributed by atoms with van der Waals surface area (Å²) in [7, 11) is 1.71. The third kappa shape index (κ3) is 4.41. The highest BCUT2D eigenvalue weighted by atomic mass is 16.5. The lowest BCUT2D eigenvalue weighted by atomic mass is 10.0. The first-order valence-electron chi connectivity index (χ1n) is 11.1. The summed E-state index contributed by atoms with van der Waals surface area (Å²) >= 11 is 0. The van der Waals surface area contributed by atoms with Crippen LogP contribution in [0.25, 0.3) is 0 Å². The number of nitrogens with zero attached hydrogens (tertiary/aromatic N) is 2. The van der Waals surface area contributed by atoms with Gasteiger partial charge in [-0.15, -0.1) is 0 Å². The highest BCUT2D eigenvalue weighted by Crippen LogP contribution is 2.34. The van der Waals surface area contributed by atoms with Gasteiger partial charge in [0.15, 0.2) is 0 Å². The maximum absolute atomic E-state index is 6.08. The molecule has 0 N–H and O–H groups in total. The van der Waals surface area contributed by atoms with Crippen LogP contribution in [0.3, 0.4) is 0 Å². The molecule has 32 heavy (non-hydrogen) atoms. The van der Waals surface area contributed by atoms with Crippen molar-refractivity contribution < 1.29 is 9.47 Å². The van der Waals surface area contributed by atoms with Gasteiger partial charge in [0.25, 0.3) is 0 Å². The second kappa shape index (κ2) is 9.33. The summed E-state index contributed by atoms with van der Waals surface area (Å²) in [5.41, 5.74) is 3.87. The number of methoxy groups -OCH3 is 1. The molecule has 4 nitrogen and oxygen atoms in total. The third-order valence-electron chi connectivity index (χ3n) is 6.05. The Kier molecular flexibility index (Phi) is 5.95. The Morgan fingerprint density at radius 2 is 1.59 bits per heavy atom. The Balaban J connectivity index is 1.44. The molecule has 162 valence electrons. The summed E-state index contributed by atoms with van der Waals surface area (Å²) in [4.78, 5) is 2.57. The average molecular weight is 425 g/mol. The highest BCUT2D eigenvalue weighted by Gasteiger charge is 2.27. The Bertz CT molecular complexity index is 1150. The van der Waals surface area contributed by atoms with Crippen LogP contribution in [0, 0.1) is 0 Å². The summed E-state index contributed by atoms with van der Waals surface area (Å²) < 4.78 is 13.9. The largest absolute Gasteiger partial charge is 0.497 e. The number of hydrogen-bond donors (Lipinski definition) is 0. The molecule has 1 atom stereocenters. The van der Waals surface area contributed by atoms with Crippen LogP contribution < -0.4 is 9.47 Å². The predicted octanol–water partition coefficient (Wildman–Crippen LogP) is 6.28. The first-order chi connectivity index (χ1) is 15.8. The quantitative estimate of drug-likeness (QED) is 0.364. The van der Waals surface area contributed by atoms with Crippen LogP contribution in [0.4, 0.5) is 0 Å². The normalized spacial score (nSPS) is 16.2. The van der Waals surface area contributed by atoms with E-state index in [1.807, 2.05) is 36.4 Å². The van der Waals surface area contributed by atoms with Gasteiger partial charge in [0.1, 0.15) is 17.2 Å². The number of benzene rings is 3. The lowest BCUT2D eigenvalue weighted by Gasteiger charge is -2.31. The van der Waals surface area contributed by atoms with Crippen LogP contribution in [0.5, 0.6) is 17.2 Å². The molecule has 1 aliphatic rings. The smallest absolute Gasteiger partial charge is 0.127 e. The molecule has 5 rings (SSSR count). The van der Waals surface area contributed by atoms with E-state index in [4.69, 9.17) is 9.47 Å². The fourth-order valence-electron chi connectivity index (χ4n) is 4.54. The van der Waals surface area contributed by atoms with Crippen LogP contribution in [-0.4, -0.2) is 23.1 Å². The van der Waals surface area contributed by atoms with Crippen molar-refractivity contribution in [1.82, 2.24) is 9.47 Å². The maximum atomic E-state index is 6.08. The van der Waals surface area contributed by atoms with E-state index in [1.165, 1.54) is 16.8 Å². The van der Waals surface area contributed by atoms with E-state index in [0.29, 0.717) is 0 Å². The fraction of sp³-hybridized carbons (Fsp3) is 0.214. The van der Waals surface area contributed by atoms with Crippen LogP contribution in [0.2, 0.25) is 0 Å². The van der Waals surface area contributed by atoms with E-state index in [0.717, 1.165) is 43.3 Å². The predicted molar refractivity (Wildman–Crippen MR) is 127 cm³/mol. The molecular weight excluding hydrogens is 396 g/mol. The van der Waals surface area contributed by atoms with Crippen LogP contribution in [0.1, 0.15) is 29.3 Å². The first kappa shape index (κ1) is 20.4. The minimum absolute atomic E-state index is 0.192.